The average molecular weight is 256 g/mol. The van der Waals surface area contributed by atoms with E-state index in [4.69, 9.17) is 0 Å². The number of hydrogen-bond acceptors (Lipinski definition) is 4. The number of carbonyl (C=O) groups excluding carboxylic acids is 1. The molecule has 0 saturated carbocycles. The van der Waals surface area contributed by atoms with Gasteiger partial charge in [0, 0.05) is 24.9 Å². The lowest BCUT2D eigenvalue weighted by Crippen LogP contribution is -2.18. The number of nitrogens with zero attached hydrogens (tertiary/aromatic N) is 1. The Bertz CT molecular complexity index is 319. The van der Waals surface area contributed by atoms with Crippen molar-refractivity contribution in [1.82, 2.24) is 10.3 Å². The lowest BCUT2D eigenvalue weighted by atomic mass is 10.2. The van der Waals surface area contributed by atoms with Crippen LogP contribution in [0.1, 0.15) is 19.8 Å². The predicted octanol–water partition coefficient (Wildman–Crippen LogP) is 2.74. The van der Waals surface area contributed by atoms with Crippen molar-refractivity contribution in [1.29, 1.82) is 0 Å². The molecule has 0 fully saturated rings. The van der Waals surface area contributed by atoms with E-state index in [2.05, 4.69) is 17.2 Å². The molecule has 0 radical (unpaired) electrons. The van der Waals surface area contributed by atoms with E-state index < -0.39 is 0 Å². The van der Waals surface area contributed by atoms with E-state index in [0.717, 1.165) is 11.4 Å². The molecule has 1 N–H and O–H groups in total. The van der Waals surface area contributed by atoms with Gasteiger partial charge in [-0.2, -0.15) is 0 Å². The Morgan fingerprint density at radius 3 is 3.00 bits per heavy atom. The molecule has 0 bridgehead atoms. The highest BCUT2D eigenvalue weighted by Crippen LogP contribution is 2.34. The molecule has 1 amide bonds. The molecule has 0 aliphatic rings. The van der Waals surface area contributed by atoms with Crippen molar-refractivity contribution >= 4 is 27.5 Å². The number of rotatable bonds is 6. The van der Waals surface area contributed by atoms with Crippen LogP contribution >= 0.6 is 21.6 Å². The third kappa shape index (κ3) is 5.42. The van der Waals surface area contributed by atoms with Gasteiger partial charge in [0.05, 0.1) is 0 Å². The molecular weight excluding hydrogens is 240 g/mol. The summed E-state index contributed by atoms with van der Waals surface area (Å²) in [6, 6.07) is 5.87. The maximum Gasteiger partial charge on any atom is 0.219 e. The lowest BCUT2D eigenvalue weighted by Gasteiger charge is -2.08. The molecule has 16 heavy (non-hydrogen) atoms. The molecule has 1 atom stereocenters. The zero-order valence-corrected chi connectivity index (χ0v) is 11.1. The Balaban J connectivity index is 2.20. The highest BCUT2D eigenvalue weighted by atomic mass is 33.1. The second-order valence-electron chi connectivity index (χ2n) is 3.37. The third-order valence-corrected chi connectivity index (χ3v) is 4.85. The highest BCUT2D eigenvalue weighted by Gasteiger charge is 2.07. The first-order chi connectivity index (χ1) is 7.72. The summed E-state index contributed by atoms with van der Waals surface area (Å²) in [6.07, 6.45) is 3.27. The van der Waals surface area contributed by atoms with E-state index in [1.165, 1.54) is 0 Å². The van der Waals surface area contributed by atoms with Crippen molar-refractivity contribution < 1.29 is 4.79 Å². The van der Waals surface area contributed by atoms with Gasteiger partial charge in [0.15, 0.2) is 0 Å². The minimum absolute atomic E-state index is 0.107. The van der Waals surface area contributed by atoms with Gasteiger partial charge in [0.2, 0.25) is 5.91 Å². The van der Waals surface area contributed by atoms with Crippen LogP contribution in [0, 0.1) is 0 Å². The van der Waals surface area contributed by atoms with Crippen LogP contribution in [0.3, 0.4) is 0 Å². The topological polar surface area (TPSA) is 42.0 Å². The fourth-order valence-electron chi connectivity index (χ4n) is 1.04. The summed E-state index contributed by atoms with van der Waals surface area (Å²) < 4.78 is 0. The fraction of sp³-hybridized carbons (Fsp3) is 0.455. The van der Waals surface area contributed by atoms with Crippen molar-refractivity contribution in [3.8, 4) is 0 Å². The summed E-state index contributed by atoms with van der Waals surface area (Å²) in [5.41, 5.74) is 0. The Labute approximate surface area is 104 Å². The summed E-state index contributed by atoms with van der Waals surface area (Å²) in [7, 11) is 5.09. The van der Waals surface area contributed by atoms with Gasteiger partial charge in [0.1, 0.15) is 5.03 Å². The molecule has 3 nitrogen and oxygen atoms in total. The molecule has 0 aliphatic carbocycles. The van der Waals surface area contributed by atoms with Gasteiger partial charge in [-0.25, -0.2) is 4.98 Å². The van der Waals surface area contributed by atoms with E-state index >= 15 is 0 Å². The van der Waals surface area contributed by atoms with Gasteiger partial charge >= 0.3 is 0 Å². The van der Waals surface area contributed by atoms with Crippen molar-refractivity contribution in [2.24, 2.45) is 0 Å². The summed E-state index contributed by atoms with van der Waals surface area (Å²) >= 11 is 0. The summed E-state index contributed by atoms with van der Waals surface area (Å²) in [5, 5.41) is 4.09. The van der Waals surface area contributed by atoms with Gasteiger partial charge in [0.25, 0.3) is 0 Å². The second-order valence-corrected chi connectivity index (χ2v) is 6.03. The summed E-state index contributed by atoms with van der Waals surface area (Å²) in [4.78, 5) is 15.3. The minimum atomic E-state index is 0.107. The highest BCUT2D eigenvalue weighted by molar-refractivity contribution is 8.76. The van der Waals surface area contributed by atoms with Crippen LogP contribution < -0.4 is 5.32 Å². The quantitative estimate of drug-likeness (QED) is 0.795. The van der Waals surface area contributed by atoms with Crippen molar-refractivity contribution in [2.45, 2.75) is 30.0 Å². The van der Waals surface area contributed by atoms with Gasteiger partial charge in [-0.15, -0.1) is 0 Å². The van der Waals surface area contributed by atoms with E-state index in [0.29, 0.717) is 11.7 Å². The van der Waals surface area contributed by atoms with E-state index in [-0.39, 0.29) is 5.91 Å². The van der Waals surface area contributed by atoms with Crippen LogP contribution in [0.25, 0.3) is 0 Å². The number of hydrogen-bond donors (Lipinski definition) is 1. The van der Waals surface area contributed by atoms with E-state index in [1.807, 2.05) is 18.2 Å². The normalized spacial score (nSPS) is 12.1. The maximum absolute atomic E-state index is 11.1. The van der Waals surface area contributed by atoms with Crippen molar-refractivity contribution in [3.05, 3.63) is 24.4 Å². The molecular formula is C11H16N2OS2. The number of carbonyl (C=O) groups is 1. The zero-order chi connectivity index (χ0) is 11.8. The smallest absolute Gasteiger partial charge is 0.219 e. The molecule has 1 rings (SSSR count). The van der Waals surface area contributed by atoms with Crippen LogP contribution in [-0.4, -0.2) is 23.2 Å². The number of aromatic nitrogens is 1. The Morgan fingerprint density at radius 2 is 2.38 bits per heavy atom. The SMILES string of the molecule is CNC(=O)CCC(C)SSc1ccccn1. The molecule has 0 aliphatic heterocycles. The van der Waals surface area contributed by atoms with Gasteiger partial charge in [-0.1, -0.05) is 23.8 Å². The van der Waals surface area contributed by atoms with Crippen LogP contribution in [0.2, 0.25) is 0 Å². The minimum Gasteiger partial charge on any atom is -0.359 e. The fourth-order valence-corrected chi connectivity index (χ4v) is 3.12. The largest absolute Gasteiger partial charge is 0.359 e. The Morgan fingerprint density at radius 1 is 1.56 bits per heavy atom. The van der Waals surface area contributed by atoms with Crippen LogP contribution in [0.4, 0.5) is 0 Å². The molecule has 1 aromatic rings. The predicted molar refractivity (Wildman–Crippen MR) is 70.4 cm³/mol. The first-order valence-corrected chi connectivity index (χ1v) is 7.38. The molecule has 0 saturated heterocycles. The summed E-state index contributed by atoms with van der Waals surface area (Å²) in [5.74, 6) is 0.107. The number of amides is 1. The van der Waals surface area contributed by atoms with Crippen LogP contribution in [-0.2, 0) is 4.79 Å². The Kier molecular flexibility index (Phi) is 6.33. The molecule has 1 aromatic heterocycles. The van der Waals surface area contributed by atoms with Crippen molar-refractivity contribution in [2.75, 3.05) is 7.05 Å². The molecule has 88 valence electrons. The third-order valence-electron chi connectivity index (χ3n) is 1.99. The summed E-state index contributed by atoms with van der Waals surface area (Å²) in [6.45, 7) is 2.13. The zero-order valence-electron chi connectivity index (χ0n) is 9.47. The van der Waals surface area contributed by atoms with Crippen molar-refractivity contribution in [3.63, 3.8) is 0 Å². The molecule has 5 heteroatoms. The van der Waals surface area contributed by atoms with E-state index in [1.54, 1.807) is 34.8 Å². The standard InChI is InChI=1S/C11H16N2OS2/c1-9(6-7-10(14)12-2)15-16-11-5-3-4-8-13-11/h3-5,8-9H,6-7H2,1-2H3,(H,12,14). The average Bonchev–Trinajstić information content (AvgIpc) is 2.34. The molecule has 1 heterocycles. The molecule has 0 aromatic carbocycles. The van der Waals surface area contributed by atoms with E-state index in [9.17, 15) is 4.79 Å². The molecule has 0 spiro atoms. The lowest BCUT2D eigenvalue weighted by molar-refractivity contribution is -0.120. The first kappa shape index (κ1) is 13.4. The second kappa shape index (κ2) is 7.57. The van der Waals surface area contributed by atoms with Gasteiger partial charge in [-0.05, 0) is 29.3 Å². The first-order valence-electron chi connectivity index (χ1n) is 5.17. The van der Waals surface area contributed by atoms with Gasteiger partial charge < -0.3 is 5.32 Å². The monoisotopic (exact) mass is 256 g/mol. The molecule has 1 unspecified atom stereocenters. The number of nitrogens with one attached hydrogen (secondary N) is 1. The van der Waals surface area contributed by atoms with Crippen LogP contribution in [0.15, 0.2) is 29.4 Å². The van der Waals surface area contributed by atoms with Gasteiger partial charge in [-0.3, -0.25) is 4.79 Å². The number of pyridine rings is 1. The van der Waals surface area contributed by atoms with Crippen LogP contribution in [0.5, 0.6) is 0 Å². The maximum atomic E-state index is 11.1. The Hall–Kier alpha value is -0.680.